The van der Waals surface area contributed by atoms with Crippen LogP contribution in [0.2, 0.25) is 0 Å². The summed E-state index contributed by atoms with van der Waals surface area (Å²) in [6.07, 6.45) is 0.820. The van der Waals surface area contributed by atoms with Crippen molar-refractivity contribution in [3.8, 4) is 0 Å². The number of benzene rings is 1. The second-order valence-corrected chi connectivity index (χ2v) is 5.44. The molecule has 2 nitrogen and oxygen atoms in total. The smallest absolute Gasteiger partial charge is 0.252 e. The van der Waals surface area contributed by atoms with Crippen LogP contribution in [0, 0.1) is 0 Å². The van der Waals surface area contributed by atoms with Crippen LogP contribution in [0.25, 0.3) is 0 Å². The number of hydrogen-bond donors (Lipinski definition) is 1. The van der Waals surface area contributed by atoms with Gasteiger partial charge in [-0.2, -0.15) is 0 Å². The minimum absolute atomic E-state index is 0.0139. The third kappa shape index (κ3) is 3.75. The molecule has 1 aromatic carbocycles. The zero-order valence-corrected chi connectivity index (χ0v) is 12.7. The Morgan fingerprint density at radius 2 is 2.19 bits per heavy atom. The first-order valence-electron chi connectivity index (χ1n) is 4.90. The van der Waals surface area contributed by atoms with Gasteiger partial charge in [0.15, 0.2) is 0 Å². The molecule has 0 aliphatic rings. The molecule has 1 rings (SSSR count). The highest BCUT2D eigenvalue weighted by atomic mass is 79.9. The lowest BCUT2D eigenvalue weighted by Gasteiger charge is -2.14. The highest BCUT2D eigenvalue weighted by Crippen LogP contribution is 2.21. The molecule has 0 spiro atoms. The number of alkyl halides is 1. The molecule has 0 saturated carbocycles. The van der Waals surface area contributed by atoms with Gasteiger partial charge in [-0.3, -0.25) is 4.79 Å². The van der Waals surface area contributed by atoms with E-state index < -0.39 is 0 Å². The molecule has 1 amide bonds. The molecule has 0 fully saturated rings. The lowest BCUT2D eigenvalue weighted by molar-refractivity contribution is 0.0939. The van der Waals surface area contributed by atoms with Crippen LogP contribution in [0.5, 0.6) is 0 Å². The van der Waals surface area contributed by atoms with E-state index >= 15 is 0 Å². The van der Waals surface area contributed by atoms with Gasteiger partial charge in [0.25, 0.3) is 5.91 Å². The van der Waals surface area contributed by atoms with Gasteiger partial charge in [0.2, 0.25) is 0 Å². The van der Waals surface area contributed by atoms with Crippen molar-refractivity contribution in [1.82, 2.24) is 5.32 Å². The summed E-state index contributed by atoms with van der Waals surface area (Å²) in [7, 11) is 0. The molecular weight excluding hydrogens is 357 g/mol. The molecule has 0 radical (unpaired) electrons. The number of rotatable bonds is 4. The minimum atomic E-state index is -0.110. The maximum atomic E-state index is 11.9. The predicted molar refractivity (Wildman–Crippen MR) is 74.1 cm³/mol. The molecule has 1 aromatic rings. The Hall–Kier alpha value is -0.0600. The first-order valence-corrected chi connectivity index (χ1v) is 7.02. The molecule has 1 atom stereocenters. The number of amides is 1. The van der Waals surface area contributed by atoms with Crippen molar-refractivity contribution in [1.29, 1.82) is 0 Å². The molecule has 0 aliphatic carbocycles. The SMILES string of the molecule is CCC(CCl)NC(=O)c1cc(Br)ccc1Br. The first-order chi connectivity index (χ1) is 7.58. The number of halogens is 3. The fourth-order valence-corrected chi connectivity index (χ4v) is 2.27. The lowest BCUT2D eigenvalue weighted by atomic mass is 10.2. The second kappa shape index (κ2) is 6.62. The lowest BCUT2D eigenvalue weighted by Crippen LogP contribution is -2.35. The quantitative estimate of drug-likeness (QED) is 0.800. The van der Waals surface area contributed by atoms with Crippen molar-refractivity contribution in [2.24, 2.45) is 0 Å². The number of carbonyl (C=O) groups excluding carboxylic acids is 1. The summed E-state index contributed by atoms with van der Waals surface area (Å²) >= 11 is 12.4. The third-order valence-electron chi connectivity index (χ3n) is 2.19. The van der Waals surface area contributed by atoms with E-state index in [1.165, 1.54) is 0 Å². The van der Waals surface area contributed by atoms with E-state index in [1.54, 1.807) is 6.07 Å². The van der Waals surface area contributed by atoms with Crippen LogP contribution in [0.1, 0.15) is 23.7 Å². The van der Waals surface area contributed by atoms with E-state index in [2.05, 4.69) is 37.2 Å². The monoisotopic (exact) mass is 367 g/mol. The number of nitrogens with one attached hydrogen (secondary N) is 1. The highest BCUT2D eigenvalue weighted by molar-refractivity contribution is 9.11. The Labute approximate surface area is 117 Å². The highest BCUT2D eigenvalue weighted by Gasteiger charge is 2.14. The van der Waals surface area contributed by atoms with Crippen molar-refractivity contribution < 1.29 is 4.79 Å². The molecule has 1 unspecified atom stereocenters. The van der Waals surface area contributed by atoms with Crippen molar-refractivity contribution in [2.75, 3.05) is 5.88 Å². The molecule has 5 heteroatoms. The zero-order chi connectivity index (χ0) is 12.1. The van der Waals surface area contributed by atoms with E-state index in [-0.39, 0.29) is 11.9 Å². The third-order valence-corrected chi connectivity index (χ3v) is 3.74. The van der Waals surface area contributed by atoms with E-state index in [0.29, 0.717) is 11.4 Å². The van der Waals surface area contributed by atoms with Gasteiger partial charge in [0.05, 0.1) is 5.56 Å². The molecule has 0 bridgehead atoms. The number of hydrogen-bond acceptors (Lipinski definition) is 1. The average Bonchev–Trinajstić information content (AvgIpc) is 2.28. The minimum Gasteiger partial charge on any atom is -0.348 e. The number of carbonyl (C=O) groups is 1. The molecule has 1 N–H and O–H groups in total. The molecule has 88 valence electrons. The zero-order valence-electron chi connectivity index (χ0n) is 8.77. The van der Waals surface area contributed by atoms with Crippen LogP contribution in [0.4, 0.5) is 0 Å². The van der Waals surface area contributed by atoms with Crippen LogP contribution in [-0.2, 0) is 0 Å². The Kier molecular flexibility index (Phi) is 5.79. The van der Waals surface area contributed by atoms with Crippen LogP contribution in [-0.4, -0.2) is 17.8 Å². The average molecular weight is 369 g/mol. The van der Waals surface area contributed by atoms with Crippen molar-refractivity contribution in [3.05, 3.63) is 32.7 Å². The van der Waals surface area contributed by atoms with Gasteiger partial charge in [-0.1, -0.05) is 22.9 Å². The van der Waals surface area contributed by atoms with Crippen LogP contribution in [0.3, 0.4) is 0 Å². The maximum Gasteiger partial charge on any atom is 0.252 e. The second-order valence-electron chi connectivity index (χ2n) is 3.36. The van der Waals surface area contributed by atoms with E-state index in [1.807, 2.05) is 19.1 Å². The summed E-state index contributed by atoms with van der Waals surface area (Å²) in [5, 5.41) is 2.88. The van der Waals surface area contributed by atoms with Crippen molar-refractivity contribution >= 4 is 49.4 Å². The van der Waals surface area contributed by atoms with Gasteiger partial charge in [-0.05, 0) is 40.5 Å². The van der Waals surface area contributed by atoms with Gasteiger partial charge in [-0.15, -0.1) is 11.6 Å². The van der Waals surface area contributed by atoms with Crippen LogP contribution in [0.15, 0.2) is 27.1 Å². The summed E-state index contributed by atoms with van der Waals surface area (Å²) in [4.78, 5) is 11.9. The van der Waals surface area contributed by atoms with Gasteiger partial charge in [-0.25, -0.2) is 0 Å². The maximum absolute atomic E-state index is 11.9. The topological polar surface area (TPSA) is 29.1 Å². The van der Waals surface area contributed by atoms with Gasteiger partial charge in [0.1, 0.15) is 0 Å². The molecule has 0 aromatic heterocycles. The summed E-state index contributed by atoms with van der Waals surface area (Å²) in [5.74, 6) is 0.314. The van der Waals surface area contributed by atoms with Crippen molar-refractivity contribution in [2.45, 2.75) is 19.4 Å². The fraction of sp³-hybridized carbons (Fsp3) is 0.364. The Bertz CT molecular complexity index is 380. The summed E-state index contributed by atoms with van der Waals surface area (Å²) in [6, 6.07) is 5.50. The Morgan fingerprint density at radius 3 is 2.75 bits per heavy atom. The summed E-state index contributed by atoms with van der Waals surface area (Å²) in [6.45, 7) is 1.99. The van der Waals surface area contributed by atoms with Crippen LogP contribution >= 0.6 is 43.5 Å². The fourth-order valence-electron chi connectivity index (χ4n) is 1.18. The van der Waals surface area contributed by atoms with Gasteiger partial charge in [0, 0.05) is 20.9 Å². The molecule has 0 saturated heterocycles. The summed E-state index contributed by atoms with van der Waals surface area (Å²) < 4.78 is 1.65. The Morgan fingerprint density at radius 1 is 1.50 bits per heavy atom. The normalized spacial score (nSPS) is 12.2. The molecular formula is C11H12Br2ClNO. The van der Waals surface area contributed by atoms with Crippen LogP contribution < -0.4 is 5.32 Å². The largest absolute Gasteiger partial charge is 0.348 e. The van der Waals surface area contributed by atoms with E-state index in [9.17, 15) is 4.79 Å². The van der Waals surface area contributed by atoms with E-state index in [0.717, 1.165) is 15.4 Å². The Balaban J connectivity index is 2.83. The molecule has 0 heterocycles. The van der Waals surface area contributed by atoms with Crippen molar-refractivity contribution in [3.63, 3.8) is 0 Å². The van der Waals surface area contributed by atoms with E-state index in [4.69, 9.17) is 11.6 Å². The van der Waals surface area contributed by atoms with Gasteiger partial charge >= 0.3 is 0 Å². The molecule has 0 aliphatic heterocycles. The predicted octanol–water partition coefficient (Wildman–Crippen LogP) is 3.96. The van der Waals surface area contributed by atoms with Gasteiger partial charge < -0.3 is 5.32 Å². The molecule has 16 heavy (non-hydrogen) atoms. The summed E-state index contributed by atoms with van der Waals surface area (Å²) in [5.41, 5.74) is 0.609. The first kappa shape index (κ1) is 14.0. The standard InChI is InChI=1S/C11H12Br2ClNO/c1-2-8(6-14)15-11(16)9-5-7(12)3-4-10(9)13/h3-5,8H,2,6H2,1H3,(H,15,16).